The first kappa shape index (κ1) is 14.4. The molecule has 1 aliphatic rings. The Morgan fingerprint density at radius 2 is 2.22 bits per heavy atom. The van der Waals surface area contributed by atoms with Crippen LogP contribution in [0.3, 0.4) is 0 Å². The van der Waals surface area contributed by atoms with Crippen LogP contribution < -0.4 is 4.80 Å². The number of pyridine rings is 1. The Bertz CT molecular complexity index is 898. The van der Waals surface area contributed by atoms with E-state index >= 15 is 0 Å². The minimum Gasteiger partial charge on any atom is -0.345 e. The summed E-state index contributed by atoms with van der Waals surface area (Å²) in [6.45, 7) is 0. The van der Waals surface area contributed by atoms with E-state index in [9.17, 15) is 4.79 Å². The van der Waals surface area contributed by atoms with Crippen molar-refractivity contribution in [1.82, 2.24) is 14.5 Å². The highest BCUT2D eigenvalue weighted by Gasteiger charge is 2.17. The van der Waals surface area contributed by atoms with E-state index in [0.717, 1.165) is 15.8 Å². The van der Waals surface area contributed by atoms with Gasteiger partial charge in [0, 0.05) is 35.4 Å². The van der Waals surface area contributed by atoms with Gasteiger partial charge in [-0.2, -0.15) is 4.99 Å². The molecule has 0 radical (unpaired) electrons. The van der Waals surface area contributed by atoms with Crippen molar-refractivity contribution in [2.45, 2.75) is 38.1 Å². The number of amides is 1. The monoisotopic (exact) mass is 326 g/mol. The SMILES string of the molecule is O=C(/N=c1/sccn1C1CCCCC1)c1c[nH]c2ncccc12. The Morgan fingerprint density at radius 3 is 3.09 bits per heavy atom. The van der Waals surface area contributed by atoms with Gasteiger partial charge in [0.05, 0.1) is 5.56 Å². The van der Waals surface area contributed by atoms with Gasteiger partial charge in [-0.25, -0.2) is 4.98 Å². The molecule has 0 bridgehead atoms. The Kier molecular flexibility index (Phi) is 3.83. The smallest absolute Gasteiger partial charge is 0.281 e. The van der Waals surface area contributed by atoms with Gasteiger partial charge >= 0.3 is 0 Å². The van der Waals surface area contributed by atoms with Crippen molar-refractivity contribution < 1.29 is 4.79 Å². The summed E-state index contributed by atoms with van der Waals surface area (Å²) in [6, 6.07) is 4.21. The molecule has 0 saturated heterocycles. The third kappa shape index (κ3) is 2.74. The van der Waals surface area contributed by atoms with Crippen LogP contribution in [0.5, 0.6) is 0 Å². The average Bonchev–Trinajstić information content (AvgIpc) is 3.22. The maximum atomic E-state index is 12.6. The van der Waals surface area contributed by atoms with Crippen molar-refractivity contribution in [2.75, 3.05) is 0 Å². The standard InChI is InChI=1S/C17H18N4OS/c22-16(14-11-19-15-13(14)7-4-8-18-15)20-17-21(9-10-23-17)12-5-2-1-3-6-12/h4,7-12H,1-3,5-6H2,(H,18,19)/b20-17+. The molecule has 0 spiro atoms. The molecular formula is C17H18N4OS. The Hall–Kier alpha value is -2.21. The highest BCUT2D eigenvalue weighted by molar-refractivity contribution is 7.07. The quantitative estimate of drug-likeness (QED) is 0.781. The second-order valence-corrected chi connectivity index (χ2v) is 6.78. The van der Waals surface area contributed by atoms with Gasteiger partial charge in [-0.05, 0) is 25.0 Å². The summed E-state index contributed by atoms with van der Waals surface area (Å²) in [6.07, 6.45) is 11.6. The van der Waals surface area contributed by atoms with Crippen LogP contribution >= 0.6 is 11.3 Å². The Balaban J connectivity index is 1.70. The molecule has 3 heterocycles. The predicted molar refractivity (Wildman–Crippen MR) is 90.4 cm³/mol. The molecule has 6 heteroatoms. The van der Waals surface area contributed by atoms with Crippen molar-refractivity contribution in [3.63, 3.8) is 0 Å². The van der Waals surface area contributed by atoms with E-state index in [0.29, 0.717) is 11.6 Å². The minimum atomic E-state index is -0.212. The van der Waals surface area contributed by atoms with Gasteiger partial charge in [-0.1, -0.05) is 19.3 Å². The number of fused-ring (bicyclic) bond motifs is 1. The molecule has 3 aromatic rings. The van der Waals surface area contributed by atoms with E-state index < -0.39 is 0 Å². The molecule has 5 nitrogen and oxygen atoms in total. The number of carbonyl (C=O) groups excluding carboxylic acids is 1. The van der Waals surface area contributed by atoms with Crippen LogP contribution in [0.1, 0.15) is 48.5 Å². The molecule has 1 fully saturated rings. The number of rotatable bonds is 2. The van der Waals surface area contributed by atoms with Crippen molar-refractivity contribution in [3.05, 3.63) is 46.5 Å². The normalized spacial score (nSPS) is 17.0. The fraction of sp³-hybridized carbons (Fsp3) is 0.353. The number of thiazole rings is 1. The summed E-state index contributed by atoms with van der Waals surface area (Å²) in [5.41, 5.74) is 1.30. The van der Waals surface area contributed by atoms with Gasteiger partial charge in [0.1, 0.15) is 5.65 Å². The lowest BCUT2D eigenvalue weighted by Crippen LogP contribution is -2.23. The van der Waals surface area contributed by atoms with E-state index in [1.54, 1.807) is 12.4 Å². The fourth-order valence-corrected chi connectivity index (χ4v) is 4.06. The summed E-state index contributed by atoms with van der Waals surface area (Å²) >= 11 is 1.52. The van der Waals surface area contributed by atoms with Crippen molar-refractivity contribution in [1.29, 1.82) is 0 Å². The molecule has 118 valence electrons. The lowest BCUT2D eigenvalue weighted by molar-refractivity contribution is 0.0999. The lowest BCUT2D eigenvalue weighted by Gasteiger charge is -2.22. The maximum Gasteiger partial charge on any atom is 0.281 e. The topological polar surface area (TPSA) is 63.0 Å². The van der Waals surface area contributed by atoms with E-state index in [2.05, 4.69) is 25.7 Å². The molecule has 0 unspecified atom stereocenters. The van der Waals surface area contributed by atoms with E-state index in [4.69, 9.17) is 0 Å². The molecule has 23 heavy (non-hydrogen) atoms. The number of H-pyrrole nitrogens is 1. The van der Waals surface area contributed by atoms with Crippen LogP contribution in [0, 0.1) is 0 Å². The van der Waals surface area contributed by atoms with Gasteiger partial charge in [-0.3, -0.25) is 4.79 Å². The van der Waals surface area contributed by atoms with Gasteiger partial charge in [-0.15, -0.1) is 11.3 Å². The molecule has 1 aliphatic carbocycles. The molecule has 1 saturated carbocycles. The summed E-state index contributed by atoms with van der Waals surface area (Å²) < 4.78 is 2.18. The number of nitrogens with zero attached hydrogens (tertiary/aromatic N) is 3. The molecule has 0 aliphatic heterocycles. The lowest BCUT2D eigenvalue weighted by atomic mass is 9.95. The molecule has 1 N–H and O–H groups in total. The van der Waals surface area contributed by atoms with Crippen LogP contribution in [0.4, 0.5) is 0 Å². The first-order valence-corrected chi connectivity index (χ1v) is 8.88. The minimum absolute atomic E-state index is 0.212. The zero-order valence-corrected chi connectivity index (χ0v) is 13.6. The van der Waals surface area contributed by atoms with Gasteiger partial charge in [0.25, 0.3) is 5.91 Å². The first-order chi connectivity index (χ1) is 11.3. The number of aromatic amines is 1. The second kappa shape index (κ2) is 6.12. The summed E-state index contributed by atoms with van der Waals surface area (Å²) in [5, 5.41) is 2.83. The number of carbonyl (C=O) groups is 1. The zero-order chi connectivity index (χ0) is 15.6. The highest BCUT2D eigenvalue weighted by Crippen LogP contribution is 2.27. The molecule has 0 aromatic carbocycles. The van der Waals surface area contributed by atoms with Crippen LogP contribution in [0.2, 0.25) is 0 Å². The number of hydrogen-bond donors (Lipinski definition) is 1. The third-order valence-corrected chi connectivity index (χ3v) is 5.23. The third-order valence-electron chi connectivity index (χ3n) is 4.46. The second-order valence-electron chi connectivity index (χ2n) is 5.90. The van der Waals surface area contributed by atoms with Crippen molar-refractivity contribution in [3.8, 4) is 0 Å². The highest BCUT2D eigenvalue weighted by atomic mass is 32.1. The Labute approximate surface area is 137 Å². The molecule has 1 amide bonds. The summed E-state index contributed by atoms with van der Waals surface area (Å²) in [4.78, 5) is 25.0. The molecule has 3 aromatic heterocycles. The van der Waals surface area contributed by atoms with Gasteiger partial charge in [0.15, 0.2) is 4.80 Å². The van der Waals surface area contributed by atoms with Gasteiger partial charge < -0.3 is 9.55 Å². The van der Waals surface area contributed by atoms with E-state index in [-0.39, 0.29) is 5.91 Å². The number of nitrogens with one attached hydrogen (secondary N) is 1. The van der Waals surface area contributed by atoms with E-state index in [1.807, 2.05) is 17.5 Å². The summed E-state index contributed by atoms with van der Waals surface area (Å²) in [5.74, 6) is -0.212. The van der Waals surface area contributed by atoms with Crippen molar-refractivity contribution >= 4 is 28.3 Å². The predicted octanol–water partition coefficient (Wildman–Crippen LogP) is 3.67. The van der Waals surface area contributed by atoms with Crippen molar-refractivity contribution in [2.24, 2.45) is 4.99 Å². The fourth-order valence-electron chi connectivity index (χ4n) is 3.28. The largest absolute Gasteiger partial charge is 0.345 e. The zero-order valence-electron chi connectivity index (χ0n) is 12.7. The van der Waals surface area contributed by atoms with Crippen LogP contribution in [0.25, 0.3) is 11.0 Å². The van der Waals surface area contributed by atoms with Crippen LogP contribution in [0.15, 0.2) is 41.1 Å². The van der Waals surface area contributed by atoms with Crippen LogP contribution in [-0.2, 0) is 0 Å². The number of aromatic nitrogens is 3. The average molecular weight is 326 g/mol. The number of hydrogen-bond acceptors (Lipinski definition) is 3. The van der Waals surface area contributed by atoms with Crippen LogP contribution in [-0.4, -0.2) is 20.4 Å². The molecule has 4 rings (SSSR count). The summed E-state index contributed by atoms with van der Waals surface area (Å²) in [7, 11) is 0. The first-order valence-electron chi connectivity index (χ1n) is 8.00. The maximum absolute atomic E-state index is 12.6. The van der Waals surface area contributed by atoms with Gasteiger partial charge in [0.2, 0.25) is 0 Å². The Morgan fingerprint density at radius 1 is 1.35 bits per heavy atom. The molecule has 0 atom stereocenters. The molecular weight excluding hydrogens is 308 g/mol. The van der Waals surface area contributed by atoms with E-state index in [1.165, 1.54) is 43.4 Å².